The SMILES string of the molecule is CNC(Cc1ccc(Br)cc1)C1Cc2ccccc2O1. The molecule has 0 radical (unpaired) electrons. The lowest BCUT2D eigenvalue weighted by atomic mass is 9.98. The Balaban J connectivity index is 1.71. The van der Waals surface area contributed by atoms with Gasteiger partial charge in [0.1, 0.15) is 11.9 Å². The molecular formula is C17H18BrNO. The molecule has 2 aromatic carbocycles. The summed E-state index contributed by atoms with van der Waals surface area (Å²) in [6, 6.07) is 17.1. The number of benzene rings is 2. The smallest absolute Gasteiger partial charge is 0.123 e. The number of ether oxygens (including phenoxy) is 1. The maximum absolute atomic E-state index is 6.08. The molecule has 2 atom stereocenters. The Bertz CT molecular complexity index is 557. The molecule has 1 N–H and O–H groups in total. The Labute approximate surface area is 128 Å². The Morgan fingerprint density at radius 3 is 2.65 bits per heavy atom. The van der Waals surface area contributed by atoms with Crippen LogP contribution in [0.4, 0.5) is 0 Å². The maximum Gasteiger partial charge on any atom is 0.123 e. The second-order valence-electron chi connectivity index (χ2n) is 5.19. The number of likely N-dealkylation sites (N-methyl/N-ethyl adjacent to an activating group) is 1. The summed E-state index contributed by atoms with van der Waals surface area (Å²) in [5, 5.41) is 3.41. The average molecular weight is 332 g/mol. The van der Waals surface area contributed by atoms with Crippen molar-refractivity contribution in [2.45, 2.75) is 25.0 Å². The number of fused-ring (bicyclic) bond motifs is 1. The van der Waals surface area contributed by atoms with Crippen LogP contribution in [0.5, 0.6) is 5.75 Å². The molecule has 0 aliphatic carbocycles. The molecule has 1 aliphatic rings. The number of halogens is 1. The first-order chi connectivity index (χ1) is 9.76. The Kier molecular flexibility index (Phi) is 4.08. The van der Waals surface area contributed by atoms with Gasteiger partial charge in [0.05, 0.1) is 0 Å². The number of nitrogens with one attached hydrogen (secondary N) is 1. The molecule has 0 spiro atoms. The van der Waals surface area contributed by atoms with E-state index in [1.54, 1.807) is 0 Å². The van der Waals surface area contributed by atoms with Crippen molar-refractivity contribution in [3.63, 3.8) is 0 Å². The number of rotatable bonds is 4. The number of para-hydroxylation sites is 1. The summed E-state index contributed by atoms with van der Waals surface area (Å²) in [4.78, 5) is 0. The predicted molar refractivity (Wildman–Crippen MR) is 85.3 cm³/mol. The van der Waals surface area contributed by atoms with Crippen molar-refractivity contribution in [3.05, 3.63) is 64.1 Å². The minimum Gasteiger partial charge on any atom is -0.488 e. The first-order valence-corrected chi connectivity index (χ1v) is 7.72. The first-order valence-electron chi connectivity index (χ1n) is 6.92. The van der Waals surface area contributed by atoms with Crippen molar-refractivity contribution in [1.82, 2.24) is 5.32 Å². The Morgan fingerprint density at radius 2 is 1.95 bits per heavy atom. The molecule has 1 heterocycles. The molecule has 0 bridgehead atoms. The molecule has 2 unspecified atom stereocenters. The van der Waals surface area contributed by atoms with Gasteiger partial charge in [-0.15, -0.1) is 0 Å². The molecule has 0 amide bonds. The lowest BCUT2D eigenvalue weighted by Gasteiger charge is -2.23. The minimum atomic E-state index is 0.209. The van der Waals surface area contributed by atoms with E-state index in [4.69, 9.17) is 4.74 Å². The van der Waals surface area contributed by atoms with Gasteiger partial charge in [-0.2, -0.15) is 0 Å². The fourth-order valence-corrected chi connectivity index (χ4v) is 2.99. The molecule has 3 heteroatoms. The van der Waals surface area contributed by atoms with Crippen LogP contribution in [-0.4, -0.2) is 19.2 Å². The highest BCUT2D eigenvalue weighted by molar-refractivity contribution is 9.10. The van der Waals surface area contributed by atoms with E-state index < -0.39 is 0 Å². The quantitative estimate of drug-likeness (QED) is 0.924. The van der Waals surface area contributed by atoms with Crippen LogP contribution in [0.2, 0.25) is 0 Å². The van der Waals surface area contributed by atoms with Crippen LogP contribution in [0.3, 0.4) is 0 Å². The largest absolute Gasteiger partial charge is 0.488 e. The first kappa shape index (κ1) is 13.7. The van der Waals surface area contributed by atoms with Crippen LogP contribution in [-0.2, 0) is 12.8 Å². The molecule has 3 rings (SSSR count). The molecule has 2 aromatic rings. The summed E-state index contributed by atoms with van der Waals surface area (Å²) in [5.74, 6) is 1.04. The van der Waals surface area contributed by atoms with E-state index in [-0.39, 0.29) is 6.10 Å². The fourth-order valence-electron chi connectivity index (χ4n) is 2.73. The second-order valence-corrected chi connectivity index (χ2v) is 6.11. The summed E-state index contributed by atoms with van der Waals surface area (Å²) >= 11 is 3.47. The highest BCUT2D eigenvalue weighted by Crippen LogP contribution is 2.30. The third-order valence-corrected chi connectivity index (χ3v) is 4.39. The van der Waals surface area contributed by atoms with Gasteiger partial charge in [0.25, 0.3) is 0 Å². The normalized spacial score (nSPS) is 18.4. The van der Waals surface area contributed by atoms with Crippen LogP contribution in [0.1, 0.15) is 11.1 Å². The summed E-state index contributed by atoms with van der Waals surface area (Å²) in [6.07, 6.45) is 2.17. The van der Waals surface area contributed by atoms with Gasteiger partial charge >= 0.3 is 0 Å². The molecule has 0 saturated heterocycles. The maximum atomic E-state index is 6.08. The fraction of sp³-hybridized carbons (Fsp3) is 0.294. The van der Waals surface area contributed by atoms with Crippen LogP contribution >= 0.6 is 15.9 Å². The Hall–Kier alpha value is -1.32. The van der Waals surface area contributed by atoms with E-state index in [1.807, 2.05) is 13.1 Å². The summed E-state index contributed by atoms with van der Waals surface area (Å²) in [6.45, 7) is 0. The second kappa shape index (κ2) is 5.98. The van der Waals surface area contributed by atoms with Crippen molar-refractivity contribution in [2.24, 2.45) is 0 Å². The van der Waals surface area contributed by atoms with Gasteiger partial charge < -0.3 is 10.1 Å². The molecule has 0 fully saturated rings. The average Bonchev–Trinajstić information content (AvgIpc) is 2.90. The van der Waals surface area contributed by atoms with Crippen molar-refractivity contribution < 1.29 is 4.74 Å². The van der Waals surface area contributed by atoms with Gasteiger partial charge in [-0.05, 0) is 42.8 Å². The molecule has 1 aliphatic heterocycles. The zero-order valence-electron chi connectivity index (χ0n) is 11.5. The molecular weight excluding hydrogens is 314 g/mol. The third kappa shape index (κ3) is 2.89. The van der Waals surface area contributed by atoms with Gasteiger partial charge in [-0.25, -0.2) is 0 Å². The van der Waals surface area contributed by atoms with Crippen molar-refractivity contribution in [1.29, 1.82) is 0 Å². The highest BCUT2D eigenvalue weighted by atomic mass is 79.9. The zero-order valence-corrected chi connectivity index (χ0v) is 13.1. The molecule has 104 valence electrons. The van der Waals surface area contributed by atoms with E-state index in [0.717, 1.165) is 23.1 Å². The Morgan fingerprint density at radius 1 is 1.20 bits per heavy atom. The van der Waals surface area contributed by atoms with Gasteiger partial charge in [0, 0.05) is 16.9 Å². The van der Waals surface area contributed by atoms with E-state index in [0.29, 0.717) is 6.04 Å². The van der Waals surface area contributed by atoms with Crippen LogP contribution in [0.25, 0.3) is 0 Å². The standard InChI is InChI=1S/C17H18BrNO/c1-19-15(10-12-6-8-14(18)9-7-12)17-11-13-4-2-3-5-16(13)20-17/h2-9,15,17,19H,10-11H2,1H3. The molecule has 0 saturated carbocycles. The summed E-state index contributed by atoms with van der Waals surface area (Å²) in [5.41, 5.74) is 2.64. The van der Waals surface area contributed by atoms with Crippen molar-refractivity contribution >= 4 is 15.9 Å². The monoisotopic (exact) mass is 331 g/mol. The van der Waals surface area contributed by atoms with Crippen LogP contribution in [0, 0.1) is 0 Å². The lowest BCUT2D eigenvalue weighted by Crippen LogP contribution is -2.42. The minimum absolute atomic E-state index is 0.209. The topological polar surface area (TPSA) is 21.3 Å². The van der Waals surface area contributed by atoms with Gasteiger partial charge in [-0.3, -0.25) is 0 Å². The van der Waals surface area contributed by atoms with E-state index in [2.05, 4.69) is 63.7 Å². The van der Waals surface area contributed by atoms with Crippen molar-refractivity contribution in [2.75, 3.05) is 7.05 Å². The van der Waals surface area contributed by atoms with Crippen LogP contribution in [0.15, 0.2) is 53.0 Å². The molecule has 20 heavy (non-hydrogen) atoms. The number of hydrogen-bond donors (Lipinski definition) is 1. The lowest BCUT2D eigenvalue weighted by molar-refractivity contribution is 0.182. The predicted octanol–water partition coefficient (Wildman–Crippen LogP) is 3.58. The number of hydrogen-bond acceptors (Lipinski definition) is 2. The molecule has 2 nitrogen and oxygen atoms in total. The van der Waals surface area contributed by atoms with Crippen molar-refractivity contribution in [3.8, 4) is 5.75 Å². The van der Waals surface area contributed by atoms with E-state index in [9.17, 15) is 0 Å². The third-order valence-electron chi connectivity index (χ3n) is 3.86. The summed E-state index contributed by atoms with van der Waals surface area (Å²) in [7, 11) is 2.01. The van der Waals surface area contributed by atoms with E-state index >= 15 is 0 Å². The summed E-state index contributed by atoms with van der Waals surface area (Å²) < 4.78 is 7.20. The van der Waals surface area contributed by atoms with Gasteiger partial charge in [-0.1, -0.05) is 46.3 Å². The van der Waals surface area contributed by atoms with Crippen LogP contribution < -0.4 is 10.1 Å². The van der Waals surface area contributed by atoms with Gasteiger partial charge in [0.2, 0.25) is 0 Å². The molecule has 0 aromatic heterocycles. The van der Waals surface area contributed by atoms with Gasteiger partial charge in [0.15, 0.2) is 0 Å². The highest BCUT2D eigenvalue weighted by Gasteiger charge is 2.29. The van der Waals surface area contributed by atoms with E-state index in [1.165, 1.54) is 11.1 Å². The zero-order chi connectivity index (χ0) is 13.9.